The molecule has 1 saturated heterocycles. The van der Waals surface area contributed by atoms with Gasteiger partial charge in [-0.3, -0.25) is 4.90 Å². The van der Waals surface area contributed by atoms with Crippen LogP contribution in [0, 0.1) is 0 Å². The van der Waals surface area contributed by atoms with E-state index in [0.717, 1.165) is 6.04 Å². The first kappa shape index (κ1) is 7.93. The van der Waals surface area contributed by atoms with Crippen molar-refractivity contribution in [3.8, 4) is 0 Å². The maximum Gasteiger partial charge on any atom is 0.0144 e. The van der Waals surface area contributed by atoms with E-state index in [1.165, 1.54) is 45.2 Å². The minimum atomic E-state index is 0.651. The number of rotatable bonds is 1. The topological polar surface area (TPSA) is 3.24 Å². The first-order valence-corrected chi connectivity index (χ1v) is 5.30. The zero-order valence-electron chi connectivity index (χ0n) is 7.00. The molecule has 1 saturated carbocycles. The summed E-state index contributed by atoms with van der Waals surface area (Å²) in [6.07, 6.45) is 7.00. The van der Waals surface area contributed by atoms with Crippen molar-refractivity contribution in [2.45, 2.75) is 43.4 Å². The van der Waals surface area contributed by atoms with Gasteiger partial charge in [0.1, 0.15) is 0 Å². The van der Waals surface area contributed by atoms with Crippen LogP contribution in [0.25, 0.3) is 0 Å². The van der Waals surface area contributed by atoms with Crippen molar-refractivity contribution in [1.82, 2.24) is 4.90 Å². The molecule has 0 aromatic carbocycles. The smallest absolute Gasteiger partial charge is 0.0144 e. The highest BCUT2D eigenvalue weighted by Gasteiger charge is 2.30. The van der Waals surface area contributed by atoms with Crippen LogP contribution in [0.1, 0.15) is 32.1 Å². The van der Waals surface area contributed by atoms with Gasteiger partial charge in [0, 0.05) is 17.8 Å². The standard InChI is InChI=1S/C9H17NS/c11-9-3-1-2-6-10(7-9)8-4-5-8/h8-9,11H,1-7H2. The van der Waals surface area contributed by atoms with E-state index >= 15 is 0 Å². The summed E-state index contributed by atoms with van der Waals surface area (Å²) in [6.45, 7) is 2.58. The van der Waals surface area contributed by atoms with E-state index in [4.69, 9.17) is 0 Å². The fraction of sp³-hybridized carbons (Fsp3) is 1.00. The van der Waals surface area contributed by atoms with Crippen LogP contribution in [0.3, 0.4) is 0 Å². The Labute approximate surface area is 74.6 Å². The fourth-order valence-corrected chi connectivity index (χ4v) is 2.31. The Morgan fingerprint density at radius 1 is 1.09 bits per heavy atom. The second-order valence-electron chi connectivity index (χ2n) is 3.88. The SMILES string of the molecule is SC1CCCCN(C2CC2)C1. The van der Waals surface area contributed by atoms with Crippen LogP contribution in [-0.4, -0.2) is 29.3 Å². The molecule has 1 heterocycles. The van der Waals surface area contributed by atoms with Crippen molar-refractivity contribution in [2.75, 3.05) is 13.1 Å². The Balaban J connectivity index is 1.86. The van der Waals surface area contributed by atoms with Gasteiger partial charge in [0.15, 0.2) is 0 Å². The van der Waals surface area contributed by atoms with Crippen molar-refractivity contribution in [1.29, 1.82) is 0 Å². The van der Waals surface area contributed by atoms with Crippen molar-refractivity contribution in [3.05, 3.63) is 0 Å². The lowest BCUT2D eigenvalue weighted by Crippen LogP contribution is -2.30. The Hall–Kier alpha value is 0.310. The van der Waals surface area contributed by atoms with Gasteiger partial charge in [-0.25, -0.2) is 0 Å². The average Bonchev–Trinajstić information content (AvgIpc) is 2.71. The molecule has 64 valence electrons. The van der Waals surface area contributed by atoms with E-state index in [2.05, 4.69) is 17.5 Å². The highest BCUT2D eigenvalue weighted by atomic mass is 32.1. The predicted octanol–water partition coefficient (Wildman–Crippen LogP) is 1.93. The van der Waals surface area contributed by atoms with Crippen molar-refractivity contribution < 1.29 is 0 Å². The van der Waals surface area contributed by atoms with Gasteiger partial charge in [-0.2, -0.15) is 12.6 Å². The summed E-state index contributed by atoms with van der Waals surface area (Å²) in [6, 6.07) is 0.947. The number of hydrogen-bond acceptors (Lipinski definition) is 2. The normalized spacial score (nSPS) is 35.2. The number of nitrogens with zero attached hydrogens (tertiary/aromatic N) is 1. The number of hydrogen-bond donors (Lipinski definition) is 1. The Kier molecular flexibility index (Phi) is 2.42. The molecule has 0 N–H and O–H groups in total. The van der Waals surface area contributed by atoms with E-state index in [1.807, 2.05) is 0 Å². The van der Waals surface area contributed by atoms with Gasteiger partial charge in [0.25, 0.3) is 0 Å². The molecule has 1 atom stereocenters. The molecule has 2 heteroatoms. The van der Waals surface area contributed by atoms with Gasteiger partial charge in [0.05, 0.1) is 0 Å². The van der Waals surface area contributed by atoms with Crippen LogP contribution in [0.4, 0.5) is 0 Å². The lowest BCUT2D eigenvalue weighted by atomic mass is 10.2. The van der Waals surface area contributed by atoms with Gasteiger partial charge >= 0.3 is 0 Å². The maximum absolute atomic E-state index is 4.57. The van der Waals surface area contributed by atoms with E-state index in [1.54, 1.807) is 0 Å². The van der Waals surface area contributed by atoms with Gasteiger partial charge in [0.2, 0.25) is 0 Å². The summed E-state index contributed by atoms with van der Waals surface area (Å²) in [5.74, 6) is 0. The molecule has 2 fully saturated rings. The zero-order valence-corrected chi connectivity index (χ0v) is 7.89. The molecule has 1 aliphatic heterocycles. The molecule has 0 spiro atoms. The summed E-state index contributed by atoms with van der Waals surface area (Å²) >= 11 is 4.57. The van der Waals surface area contributed by atoms with E-state index in [-0.39, 0.29) is 0 Å². The summed E-state index contributed by atoms with van der Waals surface area (Å²) in [7, 11) is 0. The maximum atomic E-state index is 4.57. The Morgan fingerprint density at radius 3 is 2.64 bits per heavy atom. The number of likely N-dealkylation sites (tertiary alicyclic amines) is 1. The first-order chi connectivity index (χ1) is 5.36. The third kappa shape index (κ3) is 2.12. The van der Waals surface area contributed by atoms with Crippen LogP contribution in [0.2, 0.25) is 0 Å². The van der Waals surface area contributed by atoms with Gasteiger partial charge in [-0.15, -0.1) is 0 Å². The average molecular weight is 171 g/mol. The third-order valence-corrected chi connectivity index (χ3v) is 3.16. The highest BCUT2D eigenvalue weighted by molar-refractivity contribution is 7.81. The van der Waals surface area contributed by atoms with Crippen molar-refractivity contribution >= 4 is 12.6 Å². The second-order valence-corrected chi connectivity index (χ2v) is 4.61. The quantitative estimate of drug-likeness (QED) is 0.590. The molecule has 1 aliphatic carbocycles. The Bertz CT molecular complexity index is 134. The first-order valence-electron chi connectivity index (χ1n) is 4.78. The summed E-state index contributed by atoms with van der Waals surface area (Å²) < 4.78 is 0. The summed E-state index contributed by atoms with van der Waals surface area (Å²) in [5, 5.41) is 0.651. The summed E-state index contributed by atoms with van der Waals surface area (Å²) in [4.78, 5) is 2.64. The van der Waals surface area contributed by atoms with E-state index in [0.29, 0.717) is 5.25 Å². The molecule has 0 bridgehead atoms. The number of thiol groups is 1. The minimum Gasteiger partial charge on any atom is -0.299 e. The Morgan fingerprint density at radius 2 is 1.91 bits per heavy atom. The van der Waals surface area contributed by atoms with Crippen molar-refractivity contribution in [2.24, 2.45) is 0 Å². The monoisotopic (exact) mass is 171 g/mol. The fourth-order valence-electron chi connectivity index (χ4n) is 1.92. The van der Waals surface area contributed by atoms with Gasteiger partial charge < -0.3 is 0 Å². The third-order valence-electron chi connectivity index (χ3n) is 2.74. The highest BCUT2D eigenvalue weighted by Crippen LogP contribution is 2.29. The summed E-state index contributed by atoms with van der Waals surface area (Å²) in [5.41, 5.74) is 0. The molecule has 0 radical (unpaired) electrons. The molecule has 0 amide bonds. The molecule has 1 unspecified atom stereocenters. The molecule has 11 heavy (non-hydrogen) atoms. The van der Waals surface area contributed by atoms with E-state index < -0.39 is 0 Å². The zero-order chi connectivity index (χ0) is 7.68. The van der Waals surface area contributed by atoms with Crippen LogP contribution in [0.15, 0.2) is 0 Å². The van der Waals surface area contributed by atoms with Crippen molar-refractivity contribution in [3.63, 3.8) is 0 Å². The van der Waals surface area contributed by atoms with Gasteiger partial charge in [-0.05, 0) is 32.2 Å². The lowest BCUT2D eigenvalue weighted by Gasteiger charge is -2.20. The molecular formula is C9H17NS. The van der Waals surface area contributed by atoms with Gasteiger partial charge in [-0.1, -0.05) is 6.42 Å². The van der Waals surface area contributed by atoms with Crippen LogP contribution in [0.5, 0.6) is 0 Å². The molecule has 0 aromatic heterocycles. The van der Waals surface area contributed by atoms with Crippen LogP contribution in [-0.2, 0) is 0 Å². The molecule has 0 aromatic rings. The molecule has 2 aliphatic rings. The second kappa shape index (κ2) is 3.36. The molecule has 1 nitrogen and oxygen atoms in total. The molecular weight excluding hydrogens is 154 g/mol. The predicted molar refractivity (Wildman–Crippen MR) is 51.2 cm³/mol. The minimum absolute atomic E-state index is 0.651. The molecule has 2 rings (SSSR count). The van der Waals surface area contributed by atoms with Crippen LogP contribution < -0.4 is 0 Å². The lowest BCUT2D eigenvalue weighted by molar-refractivity contribution is 0.278. The largest absolute Gasteiger partial charge is 0.299 e. The van der Waals surface area contributed by atoms with E-state index in [9.17, 15) is 0 Å². The van der Waals surface area contributed by atoms with Crippen LogP contribution >= 0.6 is 12.6 Å².